The van der Waals surface area contributed by atoms with E-state index in [1.807, 2.05) is 31.2 Å². The van der Waals surface area contributed by atoms with Crippen molar-refractivity contribution in [3.8, 4) is 11.4 Å². The van der Waals surface area contributed by atoms with Crippen molar-refractivity contribution >= 4 is 35.1 Å². The molecule has 2 aromatic carbocycles. The first-order valence-electron chi connectivity index (χ1n) is 8.61. The minimum Gasteiger partial charge on any atom is -0.366 e. The van der Waals surface area contributed by atoms with Crippen molar-refractivity contribution in [1.82, 2.24) is 14.8 Å². The van der Waals surface area contributed by atoms with E-state index in [9.17, 15) is 4.79 Å². The molecule has 3 N–H and O–H groups in total. The summed E-state index contributed by atoms with van der Waals surface area (Å²) in [5.41, 5.74) is 9.47. The third-order valence-corrected chi connectivity index (χ3v) is 5.43. The van der Waals surface area contributed by atoms with Gasteiger partial charge in [-0.25, -0.2) is 4.68 Å². The molecule has 3 aromatic rings. The maximum Gasteiger partial charge on any atom is 0.248 e. The SMILES string of the molecule is CC1=C(C(N)=O)C(c2ccc(Cl)c(Cl)c2)n2nc(-c3ccc(C)cc3)nc2N1. The van der Waals surface area contributed by atoms with Crippen molar-refractivity contribution in [2.45, 2.75) is 19.9 Å². The summed E-state index contributed by atoms with van der Waals surface area (Å²) in [6, 6.07) is 12.6. The summed E-state index contributed by atoms with van der Waals surface area (Å²) in [5.74, 6) is 0.527. The van der Waals surface area contributed by atoms with E-state index in [0.29, 0.717) is 33.1 Å². The van der Waals surface area contributed by atoms with Gasteiger partial charge < -0.3 is 11.1 Å². The lowest BCUT2D eigenvalue weighted by molar-refractivity contribution is -0.115. The second-order valence-corrected chi connectivity index (χ2v) is 7.49. The summed E-state index contributed by atoms with van der Waals surface area (Å²) in [6.45, 7) is 3.80. The van der Waals surface area contributed by atoms with Gasteiger partial charge in [0.15, 0.2) is 5.82 Å². The molecule has 1 aliphatic heterocycles. The number of anilines is 1. The number of nitrogens with one attached hydrogen (secondary N) is 1. The molecule has 1 aliphatic rings. The zero-order valence-corrected chi connectivity index (χ0v) is 16.7. The number of rotatable bonds is 3. The van der Waals surface area contributed by atoms with Gasteiger partial charge in [-0.15, -0.1) is 5.10 Å². The number of hydrogen-bond donors (Lipinski definition) is 2. The Kier molecular flexibility index (Phi) is 4.61. The number of carbonyl (C=O) groups excluding carboxylic acids is 1. The first-order chi connectivity index (χ1) is 13.3. The van der Waals surface area contributed by atoms with Gasteiger partial charge in [0.25, 0.3) is 0 Å². The molecule has 4 rings (SSSR count). The molecule has 1 aromatic heterocycles. The Morgan fingerprint density at radius 2 is 1.82 bits per heavy atom. The van der Waals surface area contributed by atoms with Gasteiger partial charge >= 0.3 is 0 Å². The molecule has 1 unspecified atom stereocenters. The Morgan fingerprint density at radius 3 is 2.46 bits per heavy atom. The number of fused-ring (bicyclic) bond motifs is 1. The van der Waals surface area contributed by atoms with E-state index in [2.05, 4.69) is 15.4 Å². The second kappa shape index (κ2) is 6.96. The van der Waals surface area contributed by atoms with Crippen LogP contribution in [0.5, 0.6) is 0 Å². The highest BCUT2D eigenvalue weighted by Crippen LogP contribution is 2.37. The minimum atomic E-state index is -0.560. The van der Waals surface area contributed by atoms with Gasteiger partial charge in [-0.2, -0.15) is 4.98 Å². The van der Waals surface area contributed by atoms with E-state index in [1.54, 1.807) is 29.8 Å². The topological polar surface area (TPSA) is 85.8 Å². The summed E-state index contributed by atoms with van der Waals surface area (Å²) in [6.07, 6.45) is 0. The number of amides is 1. The predicted molar refractivity (Wildman–Crippen MR) is 110 cm³/mol. The molecular formula is C20H17Cl2N5O. The lowest BCUT2D eigenvalue weighted by atomic mass is 9.95. The summed E-state index contributed by atoms with van der Waals surface area (Å²) in [4.78, 5) is 16.8. The number of benzene rings is 2. The monoisotopic (exact) mass is 413 g/mol. The largest absolute Gasteiger partial charge is 0.366 e. The van der Waals surface area contributed by atoms with Crippen LogP contribution in [0.1, 0.15) is 24.1 Å². The van der Waals surface area contributed by atoms with E-state index in [4.69, 9.17) is 28.9 Å². The van der Waals surface area contributed by atoms with E-state index in [0.717, 1.165) is 16.7 Å². The fourth-order valence-corrected chi connectivity index (χ4v) is 3.59. The fraction of sp³-hybridized carbons (Fsp3) is 0.150. The molecule has 0 saturated carbocycles. The average Bonchev–Trinajstić information content (AvgIpc) is 3.06. The molecule has 0 aliphatic carbocycles. The standard InChI is InChI=1S/C20H17Cl2N5O/c1-10-3-5-12(6-4-10)19-25-20-24-11(2)16(18(23)28)17(27(20)26-19)13-7-8-14(21)15(22)9-13/h3-9,17H,1-2H3,(H2,23,28)(H,24,25,26). The molecule has 0 spiro atoms. The van der Waals surface area contributed by atoms with Crippen molar-refractivity contribution in [2.75, 3.05) is 5.32 Å². The highest BCUT2D eigenvalue weighted by molar-refractivity contribution is 6.42. The van der Waals surface area contributed by atoms with Crippen LogP contribution in [-0.4, -0.2) is 20.7 Å². The van der Waals surface area contributed by atoms with Crippen LogP contribution in [0.3, 0.4) is 0 Å². The van der Waals surface area contributed by atoms with Crippen molar-refractivity contribution in [3.63, 3.8) is 0 Å². The number of allylic oxidation sites excluding steroid dienone is 1. The van der Waals surface area contributed by atoms with Gasteiger partial charge in [0.05, 0.1) is 15.6 Å². The molecule has 0 saturated heterocycles. The number of nitrogens with zero attached hydrogens (tertiary/aromatic N) is 3. The van der Waals surface area contributed by atoms with Crippen LogP contribution in [-0.2, 0) is 4.79 Å². The molecule has 1 atom stereocenters. The van der Waals surface area contributed by atoms with E-state index < -0.39 is 11.9 Å². The summed E-state index contributed by atoms with van der Waals surface area (Å²) >= 11 is 12.3. The normalized spacial score (nSPS) is 15.9. The molecular weight excluding hydrogens is 397 g/mol. The maximum absolute atomic E-state index is 12.2. The van der Waals surface area contributed by atoms with E-state index in [-0.39, 0.29) is 0 Å². The molecule has 142 valence electrons. The summed E-state index contributed by atoms with van der Waals surface area (Å²) in [5, 5.41) is 8.60. The van der Waals surface area contributed by atoms with Crippen LogP contribution < -0.4 is 11.1 Å². The van der Waals surface area contributed by atoms with Crippen LogP contribution >= 0.6 is 23.2 Å². The molecule has 2 heterocycles. The maximum atomic E-state index is 12.2. The average molecular weight is 414 g/mol. The van der Waals surface area contributed by atoms with Gasteiger partial charge in [0.1, 0.15) is 6.04 Å². The molecule has 1 amide bonds. The Hall–Kier alpha value is -2.83. The van der Waals surface area contributed by atoms with E-state index in [1.165, 1.54) is 0 Å². The van der Waals surface area contributed by atoms with Crippen LogP contribution in [0.2, 0.25) is 10.0 Å². The zero-order chi connectivity index (χ0) is 20.0. The lowest BCUT2D eigenvalue weighted by Gasteiger charge is -2.27. The highest BCUT2D eigenvalue weighted by atomic mass is 35.5. The lowest BCUT2D eigenvalue weighted by Crippen LogP contribution is -2.31. The van der Waals surface area contributed by atoms with Crippen LogP contribution in [0, 0.1) is 6.92 Å². The van der Waals surface area contributed by atoms with Crippen LogP contribution in [0.15, 0.2) is 53.7 Å². The zero-order valence-electron chi connectivity index (χ0n) is 15.2. The number of halogens is 2. The van der Waals surface area contributed by atoms with Gasteiger partial charge in [-0.3, -0.25) is 4.79 Å². The Bertz CT molecular complexity index is 1120. The number of hydrogen-bond acceptors (Lipinski definition) is 4. The Morgan fingerprint density at radius 1 is 1.11 bits per heavy atom. The number of aromatic nitrogens is 3. The van der Waals surface area contributed by atoms with Crippen molar-refractivity contribution < 1.29 is 4.79 Å². The van der Waals surface area contributed by atoms with Gasteiger partial charge in [0.2, 0.25) is 11.9 Å². The number of aryl methyl sites for hydroxylation is 1. The Balaban J connectivity index is 1.88. The molecule has 8 heteroatoms. The minimum absolute atomic E-state index is 0.389. The second-order valence-electron chi connectivity index (χ2n) is 6.67. The van der Waals surface area contributed by atoms with Crippen LogP contribution in [0.25, 0.3) is 11.4 Å². The molecule has 6 nitrogen and oxygen atoms in total. The fourth-order valence-electron chi connectivity index (χ4n) is 3.29. The van der Waals surface area contributed by atoms with E-state index >= 15 is 0 Å². The number of primary amides is 1. The smallest absolute Gasteiger partial charge is 0.248 e. The summed E-state index contributed by atoms with van der Waals surface area (Å²) in [7, 11) is 0. The number of carbonyl (C=O) groups is 1. The highest BCUT2D eigenvalue weighted by Gasteiger charge is 2.33. The third kappa shape index (κ3) is 3.15. The van der Waals surface area contributed by atoms with Gasteiger partial charge in [0, 0.05) is 11.3 Å². The molecule has 0 radical (unpaired) electrons. The molecule has 28 heavy (non-hydrogen) atoms. The number of nitrogens with two attached hydrogens (primary N) is 1. The Labute approximate surface area is 172 Å². The summed E-state index contributed by atoms with van der Waals surface area (Å²) < 4.78 is 1.65. The molecule has 0 bridgehead atoms. The molecule has 0 fully saturated rings. The predicted octanol–water partition coefficient (Wildman–Crippen LogP) is 4.33. The first-order valence-corrected chi connectivity index (χ1v) is 9.37. The van der Waals surface area contributed by atoms with Crippen molar-refractivity contribution in [1.29, 1.82) is 0 Å². The van der Waals surface area contributed by atoms with Gasteiger partial charge in [-0.1, -0.05) is 59.1 Å². The van der Waals surface area contributed by atoms with Crippen molar-refractivity contribution in [2.24, 2.45) is 5.73 Å². The quantitative estimate of drug-likeness (QED) is 0.668. The first kappa shape index (κ1) is 18.5. The van der Waals surface area contributed by atoms with Crippen molar-refractivity contribution in [3.05, 3.63) is 74.9 Å². The van der Waals surface area contributed by atoms with Gasteiger partial charge in [-0.05, 0) is 31.5 Å². The van der Waals surface area contributed by atoms with Crippen LogP contribution in [0.4, 0.5) is 5.95 Å². The third-order valence-electron chi connectivity index (χ3n) is 4.69.